The third-order valence-corrected chi connectivity index (χ3v) is 8.46. The van der Waals surface area contributed by atoms with Gasteiger partial charge in [-0.2, -0.15) is 11.8 Å². The van der Waals surface area contributed by atoms with Gasteiger partial charge in [0.2, 0.25) is 47.3 Å². The van der Waals surface area contributed by atoms with Crippen molar-refractivity contribution in [3.05, 3.63) is 0 Å². The molecule has 15 N–H and O–H groups in total. The summed E-state index contributed by atoms with van der Waals surface area (Å²) in [6.45, 7) is 6.01. The fourth-order valence-corrected chi connectivity index (χ4v) is 5.23. The highest BCUT2D eigenvalue weighted by molar-refractivity contribution is 7.98. The zero-order valence-electron chi connectivity index (χ0n) is 31.0. The molecule has 8 amide bonds. The Balaban J connectivity index is 5.88. The van der Waals surface area contributed by atoms with Gasteiger partial charge in [-0.3, -0.25) is 38.4 Å². The number of thioether (sulfide) groups is 1. The highest BCUT2D eigenvalue weighted by Gasteiger charge is 2.34. The van der Waals surface area contributed by atoms with E-state index in [2.05, 4.69) is 31.9 Å². The van der Waals surface area contributed by atoms with Crippen LogP contribution in [0.15, 0.2) is 0 Å². The summed E-state index contributed by atoms with van der Waals surface area (Å²) in [5.41, 5.74) is 22.0. The van der Waals surface area contributed by atoms with Crippen LogP contribution in [-0.2, 0) is 43.2 Å². The van der Waals surface area contributed by atoms with E-state index in [1.807, 2.05) is 6.26 Å². The summed E-state index contributed by atoms with van der Waals surface area (Å²) < 4.78 is 0. The SMILES string of the molecule is CSCCC(N)C(=O)NC(CCC(N)=O)C(=O)NCC(=O)NC(CC(N)=O)C(=O)NC(CCCCN)C(=O)NC(C(=O)NC(C(=O)O)C(C)C)C(C)C. The molecule has 0 aromatic carbocycles. The summed E-state index contributed by atoms with van der Waals surface area (Å²) in [6.07, 6.45) is 1.85. The number of nitrogens with one attached hydrogen (secondary N) is 6. The van der Waals surface area contributed by atoms with Crippen molar-refractivity contribution in [3.8, 4) is 0 Å². The maximum absolute atomic E-state index is 13.5. The zero-order valence-corrected chi connectivity index (χ0v) is 31.8. The molecule has 0 fully saturated rings. The summed E-state index contributed by atoms with van der Waals surface area (Å²) in [5.74, 6) is -8.36. The van der Waals surface area contributed by atoms with E-state index in [-0.39, 0.29) is 25.8 Å². The Morgan fingerprint density at radius 2 is 1.19 bits per heavy atom. The second-order valence-electron chi connectivity index (χ2n) is 13.1. The predicted molar refractivity (Wildman–Crippen MR) is 196 cm³/mol. The van der Waals surface area contributed by atoms with Crippen molar-refractivity contribution in [2.45, 2.75) is 109 Å². The smallest absolute Gasteiger partial charge is 0.326 e. The van der Waals surface area contributed by atoms with Gasteiger partial charge in [0.15, 0.2) is 0 Å². The molecule has 0 saturated heterocycles. The molecule has 0 saturated carbocycles. The van der Waals surface area contributed by atoms with Crippen molar-refractivity contribution in [2.75, 3.05) is 25.1 Å². The first-order valence-electron chi connectivity index (χ1n) is 17.3. The number of unbranched alkanes of at least 4 members (excludes halogenated alkanes) is 1. The number of amides is 8. The molecule has 0 aromatic rings. The van der Waals surface area contributed by atoms with E-state index in [1.165, 1.54) is 11.8 Å². The van der Waals surface area contributed by atoms with E-state index in [0.717, 1.165) is 0 Å². The molecule has 302 valence electrons. The van der Waals surface area contributed by atoms with Crippen molar-refractivity contribution >= 4 is 65.0 Å². The van der Waals surface area contributed by atoms with Gasteiger partial charge in [0.05, 0.1) is 19.0 Å². The number of hydrogen-bond donors (Lipinski definition) is 11. The maximum Gasteiger partial charge on any atom is 0.326 e. The van der Waals surface area contributed by atoms with E-state index in [1.54, 1.807) is 27.7 Å². The number of aliphatic carboxylic acids is 1. The molecular formula is C32H58N10O10S. The van der Waals surface area contributed by atoms with Crippen molar-refractivity contribution in [3.63, 3.8) is 0 Å². The fourth-order valence-electron chi connectivity index (χ4n) is 4.74. The summed E-state index contributed by atoms with van der Waals surface area (Å²) in [7, 11) is 0. The molecule has 0 bridgehead atoms. The van der Waals surface area contributed by atoms with E-state index in [9.17, 15) is 48.3 Å². The lowest BCUT2D eigenvalue weighted by Gasteiger charge is -2.28. The van der Waals surface area contributed by atoms with Crippen molar-refractivity contribution < 1.29 is 48.3 Å². The number of carbonyl (C=O) groups is 9. The average Bonchev–Trinajstić information content (AvgIpc) is 3.07. The summed E-state index contributed by atoms with van der Waals surface area (Å²) in [4.78, 5) is 113. The van der Waals surface area contributed by atoms with Gasteiger partial charge in [0, 0.05) is 6.42 Å². The molecule has 0 rings (SSSR count). The highest BCUT2D eigenvalue weighted by atomic mass is 32.2. The molecule has 6 atom stereocenters. The van der Waals surface area contributed by atoms with Crippen LogP contribution in [-0.4, -0.2) is 120 Å². The minimum atomic E-state index is -1.60. The average molecular weight is 775 g/mol. The molecule has 0 aromatic heterocycles. The lowest BCUT2D eigenvalue weighted by atomic mass is 9.99. The molecule has 0 spiro atoms. The number of carboxylic acids is 1. The topological polar surface area (TPSA) is 350 Å². The lowest BCUT2D eigenvalue weighted by molar-refractivity contribution is -0.144. The summed E-state index contributed by atoms with van der Waals surface area (Å²) in [5, 5.41) is 24.0. The van der Waals surface area contributed by atoms with Crippen LogP contribution < -0.4 is 54.8 Å². The summed E-state index contributed by atoms with van der Waals surface area (Å²) in [6, 6.07) is -7.52. The monoisotopic (exact) mass is 774 g/mol. The van der Waals surface area contributed by atoms with E-state index in [4.69, 9.17) is 22.9 Å². The first-order valence-corrected chi connectivity index (χ1v) is 18.7. The first kappa shape index (κ1) is 48.5. The van der Waals surface area contributed by atoms with E-state index in [0.29, 0.717) is 25.0 Å². The quantitative estimate of drug-likeness (QED) is 0.0358. The van der Waals surface area contributed by atoms with Crippen molar-refractivity contribution in [1.82, 2.24) is 31.9 Å². The predicted octanol–water partition coefficient (Wildman–Crippen LogP) is -3.73. The van der Waals surface area contributed by atoms with Gasteiger partial charge in [-0.1, -0.05) is 27.7 Å². The molecule has 0 heterocycles. The van der Waals surface area contributed by atoms with E-state index >= 15 is 0 Å². The molecule has 53 heavy (non-hydrogen) atoms. The molecule has 0 radical (unpaired) electrons. The van der Waals surface area contributed by atoms with Crippen molar-refractivity contribution in [2.24, 2.45) is 34.8 Å². The molecule has 21 heteroatoms. The van der Waals surface area contributed by atoms with E-state index < -0.39 is 114 Å². The normalized spacial score (nSPS) is 14.4. The van der Waals surface area contributed by atoms with Gasteiger partial charge in [-0.05, 0) is 62.5 Å². The second-order valence-corrected chi connectivity index (χ2v) is 14.1. The maximum atomic E-state index is 13.5. The minimum Gasteiger partial charge on any atom is -0.480 e. The molecule has 6 unspecified atom stereocenters. The molecule has 20 nitrogen and oxygen atoms in total. The third-order valence-electron chi connectivity index (χ3n) is 7.82. The Kier molecular flexibility index (Phi) is 23.3. The number of rotatable bonds is 27. The van der Waals surface area contributed by atoms with Gasteiger partial charge in [0.1, 0.15) is 30.2 Å². The van der Waals surface area contributed by atoms with Crippen LogP contribution in [0, 0.1) is 11.8 Å². The Bertz CT molecular complexity index is 1290. The van der Waals surface area contributed by atoms with Gasteiger partial charge in [0.25, 0.3) is 0 Å². The summed E-state index contributed by atoms with van der Waals surface area (Å²) >= 11 is 1.47. The van der Waals surface area contributed by atoms with Crippen LogP contribution in [0.25, 0.3) is 0 Å². The first-order chi connectivity index (χ1) is 24.7. The van der Waals surface area contributed by atoms with Crippen LogP contribution in [0.5, 0.6) is 0 Å². The van der Waals surface area contributed by atoms with Crippen molar-refractivity contribution in [1.29, 1.82) is 0 Å². The lowest BCUT2D eigenvalue weighted by Crippen LogP contribution is -2.60. The third kappa shape index (κ3) is 19.8. The Morgan fingerprint density at radius 3 is 1.70 bits per heavy atom. The van der Waals surface area contributed by atoms with Gasteiger partial charge >= 0.3 is 5.97 Å². The van der Waals surface area contributed by atoms with Gasteiger partial charge in [-0.25, -0.2) is 4.79 Å². The Morgan fingerprint density at radius 1 is 0.642 bits per heavy atom. The van der Waals surface area contributed by atoms with Crippen LogP contribution in [0.2, 0.25) is 0 Å². The minimum absolute atomic E-state index is 0.0393. The molecule has 0 aliphatic rings. The highest BCUT2D eigenvalue weighted by Crippen LogP contribution is 2.09. The molecule has 0 aliphatic heterocycles. The molecular weight excluding hydrogens is 716 g/mol. The number of hydrogen-bond acceptors (Lipinski definition) is 12. The molecule has 0 aliphatic carbocycles. The van der Waals surface area contributed by atoms with Gasteiger partial charge in [-0.15, -0.1) is 0 Å². The number of primary amides is 2. The van der Waals surface area contributed by atoms with Crippen LogP contribution >= 0.6 is 11.8 Å². The second kappa shape index (κ2) is 25.5. The van der Waals surface area contributed by atoms with Crippen LogP contribution in [0.4, 0.5) is 0 Å². The van der Waals surface area contributed by atoms with Gasteiger partial charge < -0.3 is 59.9 Å². The number of carboxylic acid groups (broad SMARTS) is 1. The Labute approximate surface area is 313 Å². The number of carbonyl (C=O) groups excluding carboxylic acids is 8. The zero-order chi connectivity index (χ0) is 40.8. The standard InChI is InChI=1S/C32H58N10O10S/c1-16(2)25(31(50)42-26(17(3)4)32(51)52)41-29(48)19(8-6-7-12-33)40-30(49)21(14-23(36)44)38-24(45)15-37-28(47)20(9-10-22(35)43)39-27(46)18(34)11-13-53-5/h16-21,25-26H,6-15,33-34H2,1-5H3,(H2,35,43)(H2,36,44)(H,37,47)(H,38,45)(H,39,46)(H,40,49)(H,41,48)(H,42,50)(H,51,52). The fraction of sp³-hybridized carbons (Fsp3) is 0.719. The van der Waals surface area contributed by atoms with Crippen LogP contribution in [0.1, 0.15) is 72.6 Å². The number of nitrogens with two attached hydrogens (primary N) is 4. The largest absolute Gasteiger partial charge is 0.480 e. The van der Waals surface area contributed by atoms with Crippen LogP contribution in [0.3, 0.4) is 0 Å². The Hall–Kier alpha value is -4.50.